The number of nitrogens with two attached hydrogens (primary N) is 1. The molecule has 0 saturated carbocycles. The van der Waals surface area contributed by atoms with Crippen LogP contribution >= 0.6 is 0 Å². The molecule has 5 N–H and O–H groups in total. The molecule has 1 fully saturated rings. The highest BCUT2D eigenvalue weighted by Gasteiger charge is 2.33. The second-order valence-electron chi connectivity index (χ2n) is 10.4. The lowest BCUT2D eigenvalue weighted by Gasteiger charge is -2.39. The highest BCUT2D eigenvalue weighted by Crippen LogP contribution is 2.26. The molecule has 10 heteroatoms. The third-order valence-corrected chi connectivity index (χ3v) is 5.92. The summed E-state index contributed by atoms with van der Waals surface area (Å²) in [7, 11) is 0. The van der Waals surface area contributed by atoms with Gasteiger partial charge in [0.2, 0.25) is 0 Å². The van der Waals surface area contributed by atoms with Crippen molar-refractivity contribution in [1.29, 1.82) is 5.41 Å². The standard InChI is InChI=1S/C25H38N8O2/c1-16(2)14-33(18-9-17(10-28-11-18)21(27)31-15-26)23(34)20-13-30-24(25(3,4)5)32-22(20)29-12-19-7-6-8-35-19/h6-8,13,15-18,28H,9-12,14H2,1-5H3,(H3,26,27,31)(H,29,30,32)/t17-,18?/m1/s1. The molecule has 0 spiro atoms. The smallest absolute Gasteiger partial charge is 0.259 e. The zero-order chi connectivity index (χ0) is 25.6. The van der Waals surface area contributed by atoms with Crippen molar-refractivity contribution in [3.63, 3.8) is 0 Å². The van der Waals surface area contributed by atoms with Crippen LogP contribution in [0.2, 0.25) is 0 Å². The van der Waals surface area contributed by atoms with Crippen molar-refractivity contribution in [1.82, 2.24) is 20.2 Å². The van der Waals surface area contributed by atoms with Crippen molar-refractivity contribution in [3.8, 4) is 0 Å². The van der Waals surface area contributed by atoms with Crippen LogP contribution in [0.3, 0.4) is 0 Å². The summed E-state index contributed by atoms with van der Waals surface area (Å²) in [6.07, 6.45) is 4.88. The third kappa shape index (κ3) is 6.88. The second-order valence-corrected chi connectivity index (χ2v) is 10.4. The molecule has 0 aliphatic carbocycles. The highest BCUT2D eigenvalue weighted by atomic mass is 16.3. The van der Waals surface area contributed by atoms with E-state index in [1.807, 2.05) is 37.8 Å². The Morgan fingerprint density at radius 2 is 2.20 bits per heavy atom. The zero-order valence-electron chi connectivity index (χ0n) is 21.3. The van der Waals surface area contributed by atoms with E-state index in [4.69, 9.17) is 20.5 Å². The van der Waals surface area contributed by atoms with Crippen LogP contribution in [-0.2, 0) is 12.0 Å². The first-order valence-corrected chi connectivity index (χ1v) is 12.1. The molecule has 190 valence electrons. The SMILES string of the molecule is CC(C)CN(C(=O)c1cnc(C(C)(C)C)nc1NCc1ccco1)C1CNC[C@H](C(N)=NC=N)C1. The summed E-state index contributed by atoms with van der Waals surface area (Å²) in [5, 5.41) is 13.9. The first-order valence-electron chi connectivity index (χ1n) is 12.1. The Labute approximate surface area is 207 Å². The van der Waals surface area contributed by atoms with Gasteiger partial charge < -0.3 is 25.7 Å². The molecule has 2 atom stereocenters. The molecule has 3 heterocycles. The van der Waals surface area contributed by atoms with Crippen LogP contribution in [0.15, 0.2) is 34.0 Å². The van der Waals surface area contributed by atoms with Crippen LogP contribution in [0.25, 0.3) is 0 Å². The topological polar surface area (TPSA) is 146 Å². The number of amidine groups is 1. The fourth-order valence-electron chi connectivity index (χ4n) is 4.13. The number of rotatable bonds is 9. The predicted molar refractivity (Wildman–Crippen MR) is 138 cm³/mol. The van der Waals surface area contributed by atoms with Gasteiger partial charge in [0.25, 0.3) is 5.91 Å². The van der Waals surface area contributed by atoms with Crippen molar-refractivity contribution in [2.45, 2.75) is 59.0 Å². The molecule has 0 aromatic carbocycles. The number of aromatic nitrogens is 2. The molecule has 1 aliphatic heterocycles. The van der Waals surface area contributed by atoms with Crippen LogP contribution in [0.5, 0.6) is 0 Å². The summed E-state index contributed by atoms with van der Waals surface area (Å²) in [6.45, 7) is 12.6. The number of hydrogen-bond donors (Lipinski definition) is 4. The zero-order valence-corrected chi connectivity index (χ0v) is 21.3. The van der Waals surface area contributed by atoms with Gasteiger partial charge in [0, 0.05) is 43.2 Å². The summed E-state index contributed by atoms with van der Waals surface area (Å²) >= 11 is 0. The highest BCUT2D eigenvalue weighted by molar-refractivity contribution is 5.98. The van der Waals surface area contributed by atoms with E-state index in [9.17, 15) is 4.79 Å². The molecule has 0 radical (unpaired) electrons. The van der Waals surface area contributed by atoms with Crippen molar-refractivity contribution in [2.75, 3.05) is 25.0 Å². The fourth-order valence-corrected chi connectivity index (χ4v) is 4.13. The predicted octanol–water partition coefficient (Wildman–Crippen LogP) is 3.02. The Bertz CT molecular complexity index is 1030. The van der Waals surface area contributed by atoms with Crippen molar-refractivity contribution in [3.05, 3.63) is 41.7 Å². The van der Waals surface area contributed by atoms with E-state index in [0.717, 1.165) is 12.1 Å². The minimum absolute atomic E-state index is 0.0473. The van der Waals surface area contributed by atoms with E-state index in [-0.39, 0.29) is 29.2 Å². The lowest BCUT2D eigenvalue weighted by Crippen LogP contribution is -2.54. The molecule has 1 unspecified atom stereocenters. The molecule has 2 aromatic heterocycles. The van der Waals surface area contributed by atoms with Gasteiger partial charge in [0.1, 0.15) is 35.1 Å². The number of aliphatic imine (C=N–C) groups is 1. The maximum Gasteiger partial charge on any atom is 0.259 e. The molecule has 1 saturated heterocycles. The summed E-state index contributed by atoms with van der Waals surface area (Å²) < 4.78 is 5.45. The van der Waals surface area contributed by atoms with Crippen molar-refractivity contribution < 1.29 is 9.21 Å². The molecule has 1 aliphatic rings. The maximum atomic E-state index is 14.0. The van der Waals surface area contributed by atoms with Gasteiger partial charge >= 0.3 is 0 Å². The number of carbonyl (C=O) groups excluding carboxylic acids is 1. The molecule has 10 nitrogen and oxygen atoms in total. The number of amides is 1. The van der Waals surface area contributed by atoms with Gasteiger partial charge in [0.15, 0.2) is 0 Å². The monoisotopic (exact) mass is 482 g/mol. The number of furan rings is 1. The van der Waals surface area contributed by atoms with Gasteiger partial charge in [-0.3, -0.25) is 10.2 Å². The molecular weight excluding hydrogens is 444 g/mol. The molecule has 2 aromatic rings. The summed E-state index contributed by atoms with van der Waals surface area (Å²) in [5.74, 6) is 2.39. The van der Waals surface area contributed by atoms with Crippen LogP contribution < -0.4 is 16.4 Å². The number of anilines is 1. The normalized spacial score (nSPS) is 19.0. The van der Waals surface area contributed by atoms with E-state index in [2.05, 4.69) is 34.5 Å². The van der Waals surface area contributed by atoms with Crippen LogP contribution in [-0.4, -0.2) is 58.6 Å². The molecule has 35 heavy (non-hydrogen) atoms. The van der Waals surface area contributed by atoms with Crippen LogP contribution in [0, 0.1) is 17.2 Å². The van der Waals surface area contributed by atoms with Gasteiger partial charge in [-0.15, -0.1) is 0 Å². The van der Waals surface area contributed by atoms with Crippen LogP contribution in [0.1, 0.15) is 63.0 Å². The third-order valence-electron chi connectivity index (χ3n) is 5.92. The summed E-state index contributed by atoms with van der Waals surface area (Å²) in [6, 6.07) is 3.62. The lowest BCUT2D eigenvalue weighted by molar-refractivity contribution is 0.0606. The van der Waals surface area contributed by atoms with E-state index in [1.54, 1.807) is 12.5 Å². The average molecular weight is 483 g/mol. The average Bonchev–Trinajstić information content (AvgIpc) is 3.34. The van der Waals surface area contributed by atoms with Gasteiger partial charge in [-0.2, -0.15) is 0 Å². The summed E-state index contributed by atoms with van der Waals surface area (Å²) in [4.78, 5) is 29.1. The number of nitrogens with zero attached hydrogens (tertiary/aromatic N) is 4. The Kier molecular flexibility index (Phi) is 8.61. The van der Waals surface area contributed by atoms with Gasteiger partial charge in [-0.1, -0.05) is 34.6 Å². The van der Waals surface area contributed by atoms with Crippen molar-refractivity contribution in [2.24, 2.45) is 22.6 Å². The fraction of sp³-hybridized carbons (Fsp3) is 0.560. The number of nitrogens with one attached hydrogen (secondary N) is 3. The molecule has 0 bridgehead atoms. The van der Waals surface area contributed by atoms with Crippen LogP contribution in [0.4, 0.5) is 5.82 Å². The minimum atomic E-state index is -0.271. The van der Waals surface area contributed by atoms with Gasteiger partial charge in [0.05, 0.1) is 12.8 Å². The number of piperidine rings is 1. The Morgan fingerprint density at radius 3 is 2.83 bits per heavy atom. The number of carbonyl (C=O) groups is 1. The minimum Gasteiger partial charge on any atom is -0.467 e. The molecular formula is C25H38N8O2. The quantitative estimate of drug-likeness (QED) is 0.317. The Hall–Kier alpha value is -3.27. The number of hydrogen-bond acceptors (Lipinski definition) is 7. The first-order chi connectivity index (χ1) is 16.6. The molecule has 1 amide bonds. The first kappa shape index (κ1) is 26.3. The Balaban J connectivity index is 1.93. The lowest BCUT2D eigenvalue weighted by atomic mass is 9.92. The summed E-state index contributed by atoms with van der Waals surface area (Å²) in [5.41, 5.74) is 6.25. The molecule has 3 rings (SSSR count). The largest absolute Gasteiger partial charge is 0.467 e. The maximum absolute atomic E-state index is 14.0. The van der Waals surface area contributed by atoms with Gasteiger partial charge in [-0.25, -0.2) is 15.0 Å². The van der Waals surface area contributed by atoms with Crippen molar-refractivity contribution >= 4 is 23.9 Å². The van der Waals surface area contributed by atoms with E-state index in [1.165, 1.54) is 0 Å². The van der Waals surface area contributed by atoms with Gasteiger partial charge in [-0.05, 0) is 24.5 Å². The Morgan fingerprint density at radius 1 is 1.43 bits per heavy atom. The van der Waals surface area contributed by atoms with E-state index < -0.39 is 0 Å². The van der Waals surface area contributed by atoms with E-state index >= 15 is 0 Å². The van der Waals surface area contributed by atoms with E-state index in [0.29, 0.717) is 55.6 Å². The second kappa shape index (κ2) is 11.4.